The van der Waals surface area contributed by atoms with E-state index in [1.165, 1.54) is 17.0 Å². The Bertz CT molecular complexity index is 384. The second-order valence-corrected chi connectivity index (χ2v) is 3.96. The van der Waals surface area contributed by atoms with Crippen molar-refractivity contribution in [3.63, 3.8) is 0 Å². The Kier molecular flexibility index (Phi) is 6.84. The first-order valence-electron chi connectivity index (χ1n) is 6.03. The predicted molar refractivity (Wildman–Crippen MR) is 69.4 cm³/mol. The molecule has 0 saturated heterocycles. The summed E-state index contributed by atoms with van der Waals surface area (Å²) in [6.45, 7) is 1.55. The molecule has 19 heavy (non-hydrogen) atoms. The van der Waals surface area contributed by atoms with Crippen LogP contribution >= 0.6 is 0 Å². The van der Waals surface area contributed by atoms with Gasteiger partial charge in [-0.15, -0.1) is 0 Å². The van der Waals surface area contributed by atoms with Gasteiger partial charge in [0.2, 0.25) is 5.91 Å². The van der Waals surface area contributed by atoms with Crippen LogP contribution in [-0.4, -0.2) is 50.8 Å². The van der Waals surface area contributed by atoms with Gasteiger partial charge in [0.15, 0.2) is 0 Å². The van der Waals surface area contributed by atoms with E-state index in [1.54, 1.807) is 19.2 Å². The average molecular weight is 270 g/mol. The fourth-order valence-electron chi connectivity index (χ4n) is 1.31. The molecule has 1 amide bonds. The minimum absolute atomic E-state index is 0.0181. The predicted octanol–water partition coefficient (Wildman–Crippen LogP) is 0.638. The maximum Gasteiger partial charge on any atom is 0.248 e. The van der Waals surface area contributed by atoms with Crippen LogP contribution < -0.4 is 10.5 Å². The number of benzene rings is 1. The topological polar surface area (TPSA) is 64.8 Å². The summed E-state index contributed by atoms with van der Waals surface area (Å²) in [4.78, 5) is 13.1. The molecule has 5 nitrogen and oxygen atoms in total. The number of nitrogens with two attached hydrogens (primary N) is 1. The molecule has 0 spiro atoms. The van der Waals surface area contributed by atoms with Crippen LogP contribution in [0.3, 0.4) is 0 Å². The third-order valence-corrected chi connectivity index (χ3v) is 2.42. The van der Waals surface area contributed by atoms with Crippen molar-refractivity contribution in [3.05, 3.63) is 30.1 Å². The summed E-state index contributed by atoms with van der Waals surface area (Å²) in [7, 11) is 1.67. The normalized spacial score (nSPS) is 10.3. The number of nitrogens with zero attached hydrogens (tertiary/aromatic N) is 1. The van der Waals surface area contributed by atoms with Gasteiger partial charge in [0.1, 0.15) is 24.8 Å². The van der Waals surface area contributed by atoms with Gasteiger partial charge in [-0.05, 0) is 24.3 Å². The van der Waals surface area contributed by atoms with Crippen molar-refractivity contribution in [2.75, 3.05) is 40.0 Å². The summed E-state index contributed by atoms with van der Waals surface area (Å²) in [5.74, 6) is 0.134. The van der Waals surface area contributed by atoms with Crippen LogP contribution in [0, 0.1) is 5.82 Å². The fraction of sp³-hybridized carbons (Fsp3) is 0.462. The van der Waals surface area contributed by atoms with Gasteiger partial charge in [-0.3, -0.25) is 4.79 Å². The molecule has 0 unspecified atom stereocenters. The van der Waals surface area contributed by atoms with Crippen molar-refractivity contribution in [2.24, 2.45) is 5.73 Å². The van der Waals surface area contributed by atoms with Crippen LogP contribution in [-0.2, 0) is 9.53 Å². The monoisotopic (exact) mass is 270 g/mol. The lowest BCUT2D eigenvalue weighted by Crippen LogP contribution is -2.34. The highest BCUT2D eigenvalue weighted by atomic mass is 19.1. The molecule has 0 atom stereocenters. The molecular formula is C13H19FN2O3. The molecule has 0 fully saturated rings. The van der Waals surface area contributed by atoms with Crippen molar-refractivity contribution in [2.45, 2.75) is 0 Å². The van der Waals surface area contributed by atoms with Gasteiger partial charge < -0.3 is 20.1 Å². The van der Waals surface area contributed by atoms with E-state index >= 15 is 0 Å². The van der Waals surface area contributed by atoms with Gasteiger partial charge >= 0.3 is 0 Å². The molecule has 1 aromatic carbocycles. The molecule has 2 N–H and O–H groups in total. The molecule has 0 heterocycles. The van der Waals surface area contributed by atoms with E-state index in [0.29, 0.717) is 32.1 Å². The summed E-state index contributed by atoms with van der Waals surface area (Å²) in [5, 5.41) is 0. The zero-order chi connectivity index (χ0) is 14.1. The quantitative estimate of drug-likeness (QED) is 0.704. The first-order valence-corrected chi connectivity index (χ1v) is 6.03. The minimum Gasteiger partial charge on any atom is -0.492 e. The Labute approximate surface area is 112 Å². The van der Waals surface area contributed by atoms with Crippen molar-refractivity contribution >= 4 is 5.91 Å². The summed E-state index contributed by atoms with van der Waals surface area (Å²) in [6.07, 6.45) is 0. The third-order valence-electron chi connectivity index (χ3n) is 2.42. The average Bonchev–Trinajstić information content (AvgIpc) is 2.41. The molecular weight excluding hydrogens is 251 g/mol. The lowest BCUT2D eigenvalue weighted by molar-refractivity contribution is -0.135. The van der Waals surface area contributed by atoms with E-state index in [-0.39, 0.29) is 18.3 Å². The van der Waals surface area contributed by atoms with Crippen LogP contribution in [0.15, 0.2) is 24.3 Å². The summed E-state index contributed by atoms with van der Waals surface area (Å²) < 4.78 is 23.1. The number of hydrogen-bond acceptors (Lipinski definition) is 4. The number of ether oxygens (including phenoxy) is 2. The molecule has 0 bridgehead atoms. The number of carbonyl (C=O) groups is 1. The van der Waals surface area contributed by atoms with Gasteiger partial charge in [-0.1, -0.05) is 0 Å². The molecule has 1 aromatic rings. The Morgan fingerprint density at radius 3 is 2.63 bits per heavy atom. The highest BCUT2D eigenvalue weighted by molar-refractivity contribution is 5.77. The van der Waals surface area contributed by atoms with Gasteiger partial charge in [-0.25, -0.2) is 4.39 Å². The molecule has 0 aliphatic heterocycles. The van der Waals surface area contributed by atoms with E-state index in [4.69, 9.17) is 15.2 Å². The maximum absolute atomic E-state index is 12.7. The van der Waals surface area contributed by atoms with Gasteiger partial charge in [-0.2, -0.15) is 0 Å². The largest absolute Gasteiger partial charge is 0.492 e. The van der Waals surface area contributed by atoms with Crippen LogP contribution in [0.1, 0.15) is 0 Å². The van der Waals surface area contributed by atoms with Crippen molar-refractivity contribution < 1.29 is 18.7 Å². The Balaban J connectivity index is 2.20. The zero-order valence-corrected chi connectivity index (χ0v) is 11.0. The van der Waals surface area contributed by atoms with E-state index < -0.39 is 0 Å². The van der Waals surface area contributed by atoms with Crippen molar-refractivity contribution in [3.8, 4) is 5.75 Å². The Hall–Kier alpha value is -1.66. The van der Waals surface area contributed by atoms with Gasteiger partial charge in [0.25, 0.3) is 0 Å². The summed E-state index contributed by atoms with van der Waals surface area (Å²) in [6, 6.07) is 5.73. The number of halogens is 1. The number of likely N-dealkylation sites (N-methyl/N-ethyl adjacent to an activating group) is 1. The SMILES string of the molecule is CN(CCOc1ccc(F)cc1)C(=O)COCCN. The molecule has 0 aromatic heterocycles. The van der Waals surface area contributed by atoms with E-state index in [0.717, 1.165) is 0 Å². The molecule has 106 valence electrons. The van der Waals surface area contributed by atoms with E-state index in [1.807, 2.05) is 0 Å². The molecule has 0 aliphatic rings. The Morgan fingerprint density at radius 1 is 1.32 bits per heavy atom. The molecule has 0 aliphatic carbocycles. The molecule has 0 radical (unpaired) electrons. The lowest BCUT2D eigenvalue weighted by atomic mass is 10.3. The third kappa shape index (κ3) is 6.17. The number of rotatable bonds is 8. The van der Waals surface area contributed by atoms with Crippen molar-refractivity contribution in [1.82, 2.24) is 4.90 Å². The van der Waals surface area contributed by atoms with Crippen LogP contribution in [0.25, 0.3) is 0 Å². The first-order chi connectivity index (χ1) is 9.13. The smallest absolute Gasteiger partial charge is 0.248 e. The fourth-order valence-corrected chi connectivity index (χ4v) is 1.31. The van der Waals surface area contributed by atoms with Crippen LogP contribution in [0.2, 0.25) is 0 Å². The van der Waals surface area contributed by atoms with Crippen LogP contribution in [0.5, 0.6) is 5.75 Å². The highest BCUT2D eigenvalue weighted by Gasteiger charge is 2.08. The van der Waals surface area contributed by atoms with Gasteiger partial charge in [0, 0.05) is 13.6 Å². The molecule has 6 heteroatoms. The number of carbonyl (C=O) groups excluding carboxylic acids is 1. The van der Waals surface area contributed by atoms with E-state index in [2.05, 4.69) is 0 Å². The zero-order valence-electron chi connectivity index (χ0n) is 11.0. The summed E-state index contributed by atoms with van der Waals surface area (Å²) in [5.41, 5.74) is 5.25. The molecule has 1 rings (SSSR count). The number of hydrogen-bond donors (Lipinski definition) is 1. The van der Waals surface area contributed by atoms with Crippen LogP contribution in [0.4, 0.5) is 4.39 Å². The second kappa shape index (κ2) is 8.44. The maximum atomic E-state index is 12.7. The first kappa shape index (κ1) is 15.4. The van der Waals surface area contributed by atoms with E-state index in [9.17, 15) is 9.18 Å². The molecule has 0 saturated carbocycles. The lowest BCUT2D eigenvalue weighted by Gasteiger charge is -2.17. The standard InChI is InChI=1S/C13H19FN2O3/c1-16(13(17)10-18-8-6-15)7-9-19-12-4-2-11(14)3-5-12/h2-5H,6-10,15H2,1H3. The Morgan fingerprint density at radius 2 is 2.00 bits per heavy atom. The second-order valence-electron chi connectivity index (χ2n) is 3.96. The minimum atomic E-state index is -0.309. The summed E-state index contributed by atoms with van der Waals surface area (Å²) >= 11 is 0. The van der Waals surface area contributed by atoms with Crippen molar-refractivity contribution in [1.29, 1.82) is 0 Å². The highest BCUT2D eigenvalue weighted by Crippen LogP contribution is 2.10. The van der Waals surface area contributed by atoms with Gasteiger partial charge in [0.05, 0.1) is 13.2 Å². The number of amides is 1.